The van der Waals surface area contributed by atoms with Crippen molar-refractivity contribution in [1.82, 2.24) is 10.6 Å². The van der Waals surface area contributed by atoms with Crippen LogP contribution in [0.1, 0.15) is 52.1 Å². The quantitative estimate of drug-likeness (QED) is 0.509. The van der Waals surface area contributed by atoms with Crippen LogP contribution in [0.3, 0.4) is 0 Å². The molecule has 2 rings (SSSR count). The molecule has 1 aliphatic rings. The van der Waals surface area contributed by atoms with Crippen LogP contribution in [0.2, 0.25) is 0 Å². The van der Waals surface area contributed by atoms with E-state index in [1.54, 1.807) is 19.9 Å². The summed E-state index contributed by atoms with van der Waals surface area (Å²) < 4.78 is 16.7. The molecular weight excluding hydrogens is 348 g/mol. The number of benzene rings is 1. The Bertz CT molecular complexity index is 714. The average molecular weight is 376 g/mol. The fourth-order valence-electron chi connectivity index (χ4n) is 2.84. The van der Waals surface area contributed by atoms with Crippen molar-refractivity contribution in [3.8, 4) is 11.5 Å². The van der Waals surface area contributed by atoms with Gasteiger partial charge in [0.25, 0.3) is 0 Å². The van der Waals surface area contributed by atoms with E-state index in [0.29, 0.717) is 36.0 Å². The van der Waals surface area contributed by atoms with Gasteiger partial charge in [0, 0.05) is 5.70 Å². The van der Waals surface area contributed by atoms with Gasteiger partial charge in [-0.2, -0.15) is 0 Å². The van der Waals surface area contributed by atoms with Gasteiger partial charge in [0.2, 0.25) is 0 Å². The molecule has 1 aromatic rings. The first-order valence-electron chi connectivity index (χ1n) is 9.36. The zero-order valence-electron chi connectivity index (χ0n) is 16.4. The van der Waals surface area contributed by atoms with Gasteiger partial charge in [-0.3, -0.25) is 0 Å². The number of esters is 1. The first-order valence-corrected chi connectivity index (χ1v) is 9.36. The Morgan fingerprint density at radius 3 is 2.56 bits per heavy atom. The molecule has 1 heterocycles. The zero-order valence-corrected chi connectivity index (χ0v) is 16.4. The number of hydrogen-bond donors (Lipinski definition) is 2. The number of amides is 2. The van der Waals surface area contributed by atoms with Gasteiger partial charge in [0.1, 0.15) is 0 Å². The van der Waals surface area contributed by atoms with Crippen LogP contribution in [0.15, 0.2) is 29.5 Å². The summed E-state index contributed by atoms with van der Waals surface area (Å²) in [4.78, 5) is 24.4. The van der Waals surface area contributed by atoms with Crippen molar-refractivity contribution in [2.45, 2.75) is 46.6 Å². The van der Waals surface area contributed by atoms with Gasteiger partial charge in [0.15, 0.2) is 11.5 Å². The highest BCUT2D eigenvalue weighted by Gasteiger charge is 2.32. The second-order valence-electron chi connectivity index (χ2n) is 6.13. The molecule has 1 aliphatic heterocycles. The van der Waals surface area contributed by atoms with E-state index >= 15 is 0 Å². The standard InChI is InChI=1S/C20H28N2O5/c1-5-8-11-27-15-10-9-14(12-16(15)25-6-2)18-17(19(23)26-7-3)13(4)21-20(24)22-18/h9-10,12,18H,5-8,11H2,1-4H3,(H2,21,22,24). The maximum Gasteiger partial charge on any atom is 0.338 e. The molecule has 2 amide bonds. The smallest absolute Gasteiger partial charge is 0.338 e. The molecule has 148 valence electrons. The van der Waals surface area contributed by atoms with Gasteiger partial charge in [0.05, 0.1) is 31.4 Å². The molecule has 0 saturated heterocycles. The van der Waals surface area contributed by atoms with Gasteiger partial charge in [-0.05, 0) is 44.9 Å². The molecule has 1 aromatic carbocycles. The van der Waals surface area contributed by atoms with E-state index in [9.17, 15) is 9.59 Å². The summed E-state index contributed by atoms with van der Waals surface area (Å²) >= 11 is 0. The maximum atomic E-state index is 12.4. The number of urea groups is 1. The lowest BCUT2D eigenvalue weighted by Gasteiger charge is -2.28. The molecule has 0 saturated carbocycles. The van der Waals surface area contributed by atoms with Crippen LogP contribution in [0.4, 0.5) is 4.79 Å². The average Bonchev–Trinajstić information content (AvgIpc) is 2.62. The van der Waals surface area contributed by atoms with Crippen LogP contribution >= 0.6 is 0 Å². The van der Waals surface area contributed by atoms with E-state index in [1.807, 2.05) is 19.1 Å². The predicted octanol–water partition coefficient (Wildman–Crippen LogP) is 3.46. The zero-order chi connectivity index (χ0) is 19.8. The Morgan fingerprint density at radius 1 is 1.11 bits per heavy atom. The Kier molecular flexibility index (Phi) is 7.52. The van der Waals surface area contributed by atoms with Crippen molar-refractivity contribution in [2.24, 2.45) is 0 Å². The highest BCUT2D eigenvalue weighted by molar-refractivity contribution is 5.95. The first-order chi connectivity index (χ1) is 13.0. The van der Waals surface area contributed by atoms with Gasteiger partial charge in [-0.1, -0.05) is 19.4 Å². The molecule has 0 fully saturated rings. The van der Waals surface area contributed by atoms with Crippen LogP contribution < -0.4 is 20.1 Å². The SMILES string of the molecule is CCCCOc1ccc(C2NC(=O)NC(C)=C2C(=O)OCC)cc1OCC. The highest BCUT2D eigenvalue weighted by Crippen LogP contribution is 2.35. The van der Waals surface area contributed by atoms with E-state index in [-0.39, 0.29) is 12.6 Å². The summed E-state index contributed by atoms with van der Waals surface area (Å²) in [5.74, 6) is 0.765. The largest absolute Gasteiger partial charge is 0.490 e. The summed E-state index contributed by atoms with van der Waals surface area (Å²) in [6.45, 7) is 8.75. The fraction of sp³-hybridized carbons (Fsp3) is 0.500. The van der Waals surface area contributed by atoms with E-state index < -0.39 is 12.0 Å². The summed E-state index contributed by atoms with van der Waals surface area (Å²) in [7, 11) is 0. The normalized spacial score (nSPS) is 16.4. The molecule has 2 N–H and O–H groups in total. The van der Waals surface area contributed by atoms with E-state index in [1.165, 1.54) is 0 Å². The van der Waals surface area contributed by atoms with Crippen molar-refractivity contribution in [1.29, 1.82) is 0 Å². The second-order valence-corrected chi connectivity index (χ2v) is 6.13. The molecule has 1 unspecified atom stereocenters. The molecule has 1 atom stereocenters. The summed E-state index contributed by atoms with van der Waals surface area (Å²) in [6.07, 6.45) is 1.99. The predicted molar refractivity (Wildman–Crippen MR) is 102 cm³/mol. The minimum Gasteiger partial charge on any atom is -0.490 e. The Balaban J connectivity index is 2.38. The third kappa shape index (κ3) is 5.15. The molecular formula is C20H28N2O5. The molecule has 0 bridgehead atoms. The highest BCUT2D eigenvalue weighted by atomic mass is 16.5. The number of unbranched alkanes of at least 4 members (excludes halogenated alkanes) is 1. The number of carbonyl (C=O) groups is 2. The lowest BCUT2D eigenvalue weighted by Crippen LogP contribution is -2.45. The third-order valence-electron chi connectivity index (χ3n) is 4.12. The molecule has 0 aromatic heterocycles. The van der Waals surface area contributed by atoms with Crippen molar-refractivity contribution in [3.05, 3.63) is 35.0 Å². The van der Waals surface area contributed by atoms with Crippen LogP contribution in [0, 0.1) is 0 Å². The maximum absolute atomic E-state index is 12.4. The van der Waals surface area contributed by atoms with Gasteiger partial charge < -0.3 is 24.8 Å². The second kappa shape index (κ2) is 9.85. The van der Waals surface area contributed by atoms with Crippen molar-refractivity contribution in [3.63, 3.8) is 0 Å². The van der Waals surface area contributed by atoms with Crippen LogP contribution in [0.25, 0.3) is 0 Å². The lowest BCUT2D eigenvalue weighted by molar-refractivity contribution is -0.139. The van der Waals surface area contributed by atoms with Crippen molar-refractivity contribution >= 4 is 12.0 Å². The van der Waals surface area contributed by atoms with Gasteiger partial charge in [-0.25, -0.2) is 9.59 Å². The van der Waals surface area contributed by atoms with Crippen molar-refractivity contribution < 1.29 is 23.8 Å². The van der Waals surface area contributed by atoms with E-state index in [2.05, 4.69) is 17.6 Å². The Morgan fingerprint density at radius 2 is 1.89 bits per heavy atom. The summed E-state index contributed by atoms with van der Waals surface area (Å²) in [5, 5.41) is 5.42. The number of nitrogens with one attached hydrogen (secondary N) is 2. The number of carbonyl (C=O) groups excluding carboxylic acids is 2. The van der Waals surface area contributed by atoms with Gasteiger partial charge >= 0.3 is 12.0 Å². The lowest BCUT2D eigenvalue weighted by atomic mass is 9.95. The van der Waals surface area contributed by atoms with Crippen LogP contribution in [-0.4, -0.2) is 31.8 Å². The van der Waals surface area contributed by atoms with Gasteiger partial charge in [-0.15, -0.1) is 0 Å². The van der Waals surface area contributed by atoms with E-state index in [0.717, 1.165) is 18.4 Å². The molecule has 0 aliphatic carbocycles. The topological polar surface area (TPSA) is 85.9 Å². The third-order valence-corrected chi connectivity index (χ3v) is 4.12. The van der Waals surface area contributed by atoms with Crippen LogP contribution in [0.5, 0.6) is 11.5 Å². The minimum atomic E-state index is -0.623. The molecule has 27 heavy (non-hydrogen) atoms. The fourth-order valence-corrected chi connectivity index (χ4v) is 2.84. The van der Waals surface area contributed by atoms with Crippen LogP contribution in [-0.2, 0) is 9.53 Å². The first kappa shape index (κ1) is 20.6. The molecule has 0 spiro atoms. The number of hydrogen-bond acceptors (Lipinski definition) is 5. The Hall–Kier alpha value is -2.70. The number of allylic oxidation sites excluding steroid dienone is 1. The van der Waals surface area contributed by atoms with E-state index in [4.69, 9.17) is 14.2 Å². The minimum absolute atomic E-state index is 0.255. The summed E-state index contributed by atoms with van der Waals surface area (Å²) in [6, 6.07) is 4.44. The monoisotopic (exact) mass is 376 g/mol. The molecule has 7 heteroatoms. The molecule has 0 radical (unpaired) electrons. The summed E-state index contributed by atoms with van der Waals surface area (Å²) in [5.41, 5.74) is 1.57. The van der Waals surface area contributed by atoms with Crippen molar-refractivity contribution in [2.75, 3.05) is 19.8 Å². The number of ether oxygens (including phenoxy) is 3. The molecule has 7 nitrogen and oxygen atoms in total. The number of rotatable bonds is 9. The Labute approximate surface area is 160 Å².